The first-order valence-corrected chi connectivity index (χ1v) is 14.8. The van der Waals surface area contributed by atoms with Crippen LogP contribution in [-0.2, 0) is 4.74 Å². The van der Waals surface area contributed by atoms with Gasteiger partial charge in [-0.25, -0.2) is 0 Å². The summed E-state index contributed by atoms with van der Waals surface area (Å²) in [7, 11) is 0. The fourth-order valence-corrected chi connectivity index (χ4v) is 10.2. The van der Waals surface area contributed by atoms with Gasteiger partial charge in [-0.3, -0.25) is 4.90 Å². The van der Waals surface area contributed by atoms with Crippen LogP contribution in [0.4, 0.5) is 0 Å². The number of fused-ring (bicyclic) bond motifs is 6. The summed E-state index contributed by atoms with van der Waals surface area (Å²) >= 11 is 6.24. The van der Waals surface area contributed by atoms with Gasteiger partial charge in [-0.05, 0) is 93.8 Å². The van der Waals surface area contributed by atoms with Crippen LogP contribution in [0, 0.1) is 35.0 Å². The van der Waals surface area contributed by atoms with E-state index in [4.69, 9.17) is 16.3 Å². The molecule has 1 spiro atoms. The molecule has 2 aliphatic heterocycles. The fourth-order valence-electron chi connectivity index (χ4n) is 10.0. The van der Waals surface area contributed by atoms with Crippen molar-refractivity contribution >= 4 is 11.6 Å². The van der Waals surface area contributed by atoms with E-state index in [9.17, 15) is 5.11 Å². The molecule has 0 bridgehead atoms. The van der Waals surface area contributed by atoms with E-state index < -0.39 is 0 Å². The van der Waals surface area contributed by atoms with E-state index in [-0.39, 0.29) is 11.7 Å². The number of piperidine rings is 1. The maximum Gasteiger partial charge on any atom is 0.0765 e. The van der Waals surface area contributed by atoms with Crippen LogP contribution in [0.2, 0.25) is 0 Å². The lowest BCUT2D eigenvalue weighted by atomic mass is 9.56. The van der Waals surface area contributed by atoms with Crippen LogP contribution in [0.15, 0.2) is 22.8 Å². The van der Waals surface area contributed by atoms with Gasteiger partial charge in [-0.15, -0.1) is 11.6 Å². The molecule has 0 aromatic heterocycles. The number of aliphatic hydroxyl groups excluding tert-OH is 1. The first kappa shape index (κ1) is 24.0. The fraction of sp³-hybridized carbons (Fsp3) is 0.867. The van der Waals surface area contributed by atoms with Gasteiger partial charge in [0.1, 0.15) is 0 Å². The molecule has 4 aliphatic carbocycles. The van der Waals surface area contributed by atoms with Crippen molar-refractivity contribution in [3.8, 4) is 0 Å². The van der Waals surface area contributed by atoms with E-state index in [1.807, 2.05) is 0 Å². The van der Waals surface area contributed by atoms with Gasteiger partial charge in [-0.2, -0.15) is 0 Å². The summed E-state index contributed by atoms with van der Waals surface area (Å²) in [5, 5.41) is 10.3. The summed E-state index contributed by atoms with van der Waals surface area (Å²) in [6.07, 6.45) is 13.2. The van der Waals surface area contributed by atoms with Crippen LogP contribution in [0.1, 0.15) is 85.5 Å². The highest BCUT2D eigenvalue weighted by atomic mass is 35.5. The number of halogens is 1. The number of likely N-dealkylation sites (tertiary alicyclic amines) is 1. The molecule has 6 aliphatic rings. The number of nitrogens with zero attached hydrogens (tertiary/aromatic N) is 1. The number of ether oxygens (including phenoxy) is 1. The second-order valence-electron chi connectivity index (χ2n) is 13.4. The Morgan fingerprint density at radius 1 is 1.21 bits per heavy atom. The number of hydrogen-bond donors (Lipinski definition) is 1. The zero-order valence-electron chi connectivity index (χ0n) is 21.9. The molecule has 1 unspecified atom stereocenters. The summed E-state index contributed by atoms with van der Waals surface area (Å²) in [6, 6.07) is 0.536. The Kier molecular flexibility index (Phi) is 6.08. The summed E-state index contributed by atoms with van der Waals surface area (Å²) in [5.41, 5.74) is 5.36. The minimum atomic E-state index is -0.210. The molecule has 0 aromatic carbocycles. The minimum absolute atomic E-state index is 0.0133. The quantitative estimate of drug-likeness (QED) is 0.364. The topological polar surface area (TPSA) is 32.7 Å². The van der Waals surface area contributed by atoms with E-state index in [0.717, 1.165) is 43.0 Å². The zero-order valence-corrected chi connectivity index (χ0v) is 22.6. The maximum absolute atomic E-state index is 10.3. The van der Waals surface area contributed by atoms with Crippen LogP contribution in [0.5, 0.6) is 0 Å². The average Bonchev–Trinajstić information content (AvgIpc) is 3.25. The Morgan fingerprint density at radius 3 is 2.82 bits per heavy atom. The molecule has 2 saturated carbocycles. The predicted octanol–water partition coefficient (Wildman–Crippen LogP) is 6.34. The average molecular weight is 488 g/mol. The molecule has 2 saturated heterocycles. The Hall–Kier alpha value is -0.350. The summed E-state index contributed by atoms with van der Waals surface area (Å²) in [5.74, 6) is 4.33. The van der Waals surface area contributed by atoms with Crippen molar-refractivity contribution < 1.29 is 9.84 Å². The third-order valence-corrected chi connectivity index (χ3v) is 11.8. The normalized spacial score (nSPS) is 50.9. The lowest BCUT2D eigenvalue weighted by molar-refractivity contribution is -0.0790. The molecule has 6 rings (SSSR count). The largest absolute Gasteiger partial charge is 0.389 e. The number of rotatable bonds is 2. The van der Waals surface area contributed by atoms with Crippen LogP contribution >= 0.6 is 11.6 Å². The second-order valence-corrected chi connectivity index (χ2v) is 13.8. The van der Waals surface area contributed by atoms with Crippen LogP contribution in [0.3, 0.4) is 0 Å². The van der Waals surface area contributed by atoms with E-state index >= 15 is 0 Å². The van der Waals surface area contributed by atoms with Crippen molar-refractivity contribution in [1.29, 1.82) is 0 Å². The highest BCUT2D eigenvalue weighted by molar-refractivity contribution is 6.18. The first-order valence-electron chi connectivity index (χ1n) is 14.3. The SMILES string of the molecule is CC1=C2C[C@H]3C(CCC4=C[C@@H](O)CC[C@@]43C)[C@@H]2CC[C@@]2(C1)O[C@@H]1C[C@H](C)CN(CCCl)[C@H]1[C@H]2C. The molecule has 10 atom stereocenters. The van der Waals surface area contributed by atoms with Crippen molar-refractivity contribution in [2.24, 2.45) is 35.0 Å². The highest BCUT2D eigenvalue weighted by Crippen LogP contribution is 2.64. The van der Waals surface area contributed by atoms with Gasteiger partial charge in [0.2, 0.25) is 0 Å². The summed E-state index contributed by atoms with van der Waals surface area (Å²) in [6.45, 7) is 12.0. The smallest absolute Gasteiger partial charge is 0.0765 e. The molecule has 34 heavy (non-hydrogen) atoms. The van der Waals surface area contributed by atoms with Crippen molar-refractivity contribution in [2.45, 2.75) is 109 Å². The third kappa shape index (κ3) is 3.54. The molecule has 190 valence electrons. The minimum Gasteiger partial charge on any atom is -0.389 e. The third-order valence-electron chi connectivity index (χ3n) is 11.6. The summed E-state index contributed by atoms with van der Waals surface area (Å²) < 4.78 is 7.17. The number of aliphatic hydroxyl groups is 1. The van der Waals surface area contributed by atoms with Crippen LogP contribution in [-0.4, -0.2) is 52.8 Å². The van der Waals surface area contributed by atoms with E-state index in [1.165, 1.54) is 51.5 Å². The Balaban J connectivity index is 1.28. The number of hydrogen-bond acceptors (Lipinski definition) is 3. The number of alkyl halides is 1. The lowest BCUT2D eigenvalue weighted by Crippen LogP contribution is -2.52. The molecule has 2 heterocycles. The van der Waals surface area contributed by atoms with Gasteiger partial charge in [-0.1, -0.05) is 43.6 Å². The van der Waals surface area contributed by atoms with E-state index in [2.05, 4.69) is 38.7 Å². The van der Waals surface area contributed by atoms with Crippen LogP contribution in [0.25, 0.3) is 0 Å². The summed E-state index contributed by atoms with van der Waals surface area (Å²) in [4.78, 5) is 2.67. The molecule has 1 N–H and O–H groups in total. The Bertz CT molecular complexity index is 883. The molecule has 0 aromatic rings. The van der Waals surface area contributed by atoms with Gasteiger partial charge in [0.15, 0.2) is 0 Å². The standard InChI is InChI=1S/C30H46ClNO2/c1-18-13-27-28(32(17-18)12-11-31)20(3)30(34-27)10-8-23-24-6-5-21-14-22(33)7-9-29(21,4)26(24)15-25(23)19(2)16-30/h14,18,20,22-24,26-28,33H,5-13,15-17H2,1-4H3/t18-,20+,22-,23-,24?,26-,27+,28-,29-,30-/m0/s1. The van der Waals surface area contributed by atoms with Gasteiger partial charge >= 0.3 is 0 Å². The highest BCUT2D eigenvalue weighted by Gasteiger charge is 2.59. The zero-order chi connectivity index (χ0) is 23.8. The van der Waals surface area contributed by atoms with Gasteiger partial charge in [0.05, 0.1) is 17.8 Å². The van der Waals surface area contributed by atoms with E-state index in [0.29, 0.717) is 29.4 Å². The second kappa shape index (κ2) is 8.61. The predicted molar refractivity (Wildman–Crippen MR) is 139 cm³/mol. The van der Waals surface area contributed by atoms with Gasteiger partial charge in [0.25, 0.3) is 0 Å². The Morgan fingerprint density at radius 2 is 2.03 bits per heavy atom. The molecule has 4 fully saturated rings. The maximum atomic E-state index is 10.3. The monoisotopic (exact) mass is 487 g/mol. The first-order chi connectivity index (χ1) is 16.3. The molecular weight excluding hydrogens is 442 g/mol. The molecular formula is C30H46ClNO2. The van der Waals surface area contributed by atoms with E-state index in [1.54, 1.807) is 16.7 Å². The van der Waals surface area contributed by atoms with Crippen LogP contribution < -0.4 is 0 Å². The molecule has 0 amide bonds. The Labute approximate surface area is 212 Å². The molecule has 3 nitrogen and oxygen atoms in total. The van der Waals surface area contributed by atoms with Gasteiger partial charge in [0, 0.05) is 30.9 Å². The number of allylic oxidation sites excluding steroid dienone is 2. The van der Waals surface area contributed by atoms with Crippen molar-refractivity contribution in [3.63, 3.8) is 0 Å². The molecule has 0 radical (unpaired) electrons. The van der Waals surface area contributed by atoms with Gasteiger partial charge < -0.3 is 9.84 Å². The van der Waals surface area contributed by atoms with Crippen molar-refractivity contribution in [1.82, 2.24) is 4.90 Å². The van der Waals surface area contributed by atoms with Crippen molar-refractivity contribution in [2.75, 3.05) is 19.0 Å². The molecule has 4 heteroatoms. The lowest BCUT2D eigenvalue weighted by Gasteiger charge is -2.49. The van der Waals surface area contributed by atoms with Crippen molar-refractivity contribution in [3.05, 3.63) is 22.8 Å².